The number of ether oxygens (including phenoxy) is 1. The SMILES string of the molecule is COc1cccc(/C=C/C(=O)NS(=O)(=O)Cc2ccc(Cl)nc2)c1. The molecule has 0 spiro atoms. The molecule has 0 aliphatic carbocycles. The number of nitrogens with zero attached hydrogens (tertiary/aromatic N) is 1. The van der Waals surface area contributed by atoms with Crippen LogP contribution in [0.3, 0.4) is 0 Å². The van der Waals surface area contributed by atoms with E-state index in [4.69, 9.17) is 16.3 Å². The molecule has 1 aromatic carbocycles. The van der Waals surface area contributed by atoms with Gasteiger partial charge < -0.3 is 4.74 Å². The molecule has 6 nitrogen and oxygen atoms in total. The Balaban J connectivity index is 1.99. The first kappa shape index (κ1) is 18.0. The largest absolute Gasteiger partial charge is 0.497 e. The van der Waals surface area contributed by atoms with Crippen LogP contribution in [0.5, 0.6) is 5.75 Å². The Morgan fingerprint density at radius 2 is 2.12 bits per heavy atom. The number of halogens is 1. The van der Waals surface area contributed by atoms with Gasteiger partial charge in [0.2, 0.25) is 10.0 Å². The molecule has 0 saturated heterocycles. The van der Waals surface area contributed by atoms with Crippen LogP contribution in [0.4, 0.5) is 0 Å². The Kier molecular flexibility index (Phi) is 5.94. The third-order valence-electron chi connectivity index (χ3n) is 2.92. The van der Waals surface area contributed by atoms with Crippen molar-refractivity contribution in [3.05, 3.63) is 65.0 Å². The molecule has 1 amide bonds. The molecule has 0 radical (unpaired) electrons. The molecule has 2 aromatic rings. The summed E-state index contributed by atoms with van der Waals surface area (Å²) in [5.41, 5.74) is 1.14. The molecule has 2 rings (SSSR count). The number of sulfonamides is 1. The molecule has 0 bridgehead atoms. The second-order valence-electron chi connectivity index (χ2n) is 4.82. The number of aromatic nitrogens is 1. The van der Waals surface area contributed by atoms with Crippen LogP contribution in [0.25, 0.3) is 6.08 Å². The first-order valence-corrected chi connectivity index (χ1v) is 8.88. The molecule has 8 heteroatoms. The van der Waals surface area contributed by atoms with Crippen LogP contribution in [0.1, 0.15) is 11.1 Å². The average Bonchev–Trinajstić information content (AvgIpc) is 2.54. The van der Waals surface area contributed by atoms with Crippen molar-refractivity contribution in [3.63, 3.8) is 0 Å². The lowest BCUT2D eigenvalue weighted by Gasteiger charge is -2.05. The fraction of sp³-hybridized carbons (Fsp3) is 0.125. The van der Waals surface area contributed by atoms with Gasteiger partial charge in [-0.05, 0) is 35.4 Å². The Morgan fingerprint density at radius 1 is 1.33 bits per heavy atom. The Labute approximate surface area is 145 Å². The zero-order valence-electron chi connectivity index (χ0n) is 12.8. The van der Waals surface area contributed by atoms with Gasteiger partial charge in [-0.1, -0.05) is 29.8 Å². The lowest BCUT2D eigenvalue weighted by atomic mass is 10.2. The first-order valence-electron chi connectivity index (χ1n) is 6.85. The molecule has 1 heterocycles. The number of carbonyl (C=O) groups is 1. The van der Waals surface area contributed by atoms with Crippen LogP contribution >= 0.6 is 11.6 Å². The zero-order valence-corrected chi connectivity index (χ0v) is 14.3. The second-order valence-corrected chi connectivity index (χ2v) is 6.93. The summed E-state index contributed by atoms with van der Waals surface area (Å²) in [4.78, 5) is 15.6. The van der Waals surface area contributed by atoms with E-state index in [0.717, 1.165) is 6.08 Å². The highest BCUT2D eigenvalue weighted by Gasteiger charge is 2.14. The van der Waals surface area contributed by atoms with Gasteiger partial charge in [0, 0.05) is 12.3 Å². The molecular weight excluding hydrogens is 352 g/mol. The van der Waals surface area contributed by atoms with Gasteiger partial charge in [-0.15, -0.1) is 0 Å². The number of nitrogens with one attached hydrogen (secondary N) is 1. The minimum Gasteiger partial charge on any atom is -0.497 e. The molecule has 0 aliphatic rings. The van der Waals surface area contributed by atoms with Gasteiger partial charge in [-0.2, -0.15) is 0 Å². The summed E-state index contributed by atoms with van der Waals surface area (Å²) in [5, 5.41) is 0.265. The fourth-order valence-electron chi connectivity index (χ4n) is 1.85. The van der Waals surface area contributed by atoms with Gasteiger partial charge in [0.05, 0.1) is 12.9 Å². The second kappa shape index (κ2) is 7.94. The Morgan fingerprint density at radius 3 is 2.79 bits per heavy atom. The average molecular weight is 367 g/mol. The summed E-state index contributed by atoms with van der Waals surface area (Å²) in [7, 11) is -2.29. The van der Waals surface area contributed by atoms with E-state index >= 15 is 0 Å². The van der Waals surface area contributed by atoms with Crippen LogP contribution in [0.15, 0.2) is 48.7 Å². The predicted octanol–water partition coefficient (Wildman–Crippen LogP) is 2.40. The highest BCUT2D eigenvalue weighted by atomic mass is 35.5. The molecule has 126 valence electrons. The third kappa shape index (κ3) is 5.68. The maximum Gasteiger partial charge on any atom is 0.257 e. The van der Waals surface area contributed by atoms with Gasteiger partial charge in [0.25, 0.3) is 5.91 Å². The van der Waals surface area contributed by atoms with E-state index < -0.39 is 15.9 Å². The standard InChI is InChI=1S/C16H15ClN2O4S/c1-23-14-4-2-3-12(9-14)6-8-16(20)19-24(21,22)11-13-5-7-15(17)18-10-13/h2-10H,11H2,1H3,(H,19,20)/b8-6+. The number of rotatable bonds is 6. The Hall–Kier alpha value is -2.38. The monoisotopic (exact) mass is 366 g/mol. The smallest absolute Gasteiger partial charge is 0.257 e. The van der Waals surface area contributed by atoms with E-state index in [2.05, 4.69) is 4.98 Å². The number of benzene rings is 1. The molecular formula is C16H15ClN2O4S. The molecule has 1 aromatic heterocycles. The number of methoxy groups -OCH3 is 1. The minimum atomic E-state index is -3.82. The molecule has 24 heavy (non-hydrogen) atoms. The maximum atomic E-state index is 12.0. The van der Waals surface area contributed by atoms with Crippen LogP contribution in [0.2, 0.25) is 5.15 Å². The summed E-state index contributed by atoms with van der Waals surface area (Å²) in [6.45, 7) is 0. The highest BCUT2D eigenvalue weighted by Crippen LogP contribution is 2.13. The van der Waals surface area contributed by atoms with Gasteiger partial charge in [0.15, 0.2) is 0 Å². The summed E-state index contributed by atoms with van der Waals surface area (Å²) in [6.07, 6.45) is 3.99. The van der Waals surface area contributed by atoms with E-state index in [1.54, 1.807) is 24.3 Å². The van der Waals surface area contributed by atoms with Gasteiger partial charge in [-0.3, -0.25) is 4.79 Å². The van der Waals surface area contributed by atoms with Crippen LogP contribution in [0, 0.1) is 0 Å². The van der Waals surface area contributed by atoms with Crippen molar-refractivity contribution in [2.75, 3.05) is 7.11 Å². The van der Waals surface area contributed by atoms with Gasteiger partial charge >= 0.3 is 0 Å². The first-order chi connectivity index (χ1) is 11.4. The number of pyridine rings is 1. The zero-order chi connectivity index (χ0) is 17.6. The van der Waals surface area contributed by atoms with Crippen molar-refractivity contribution < 1.29 is 17.9 Å². The molecule has 0 fully saturated rings. The molecule has 0 aliphatic heterocycles. The molecule has 1 N–H and O–H groups in total. The van der Waals surface area contributed by atoms with E-state index in [9.17, 15) is 13.2 Å². The number of carbonyl (C=O) groups excluding carboxylic acids is 1. The van der Waals surface area contributed by atoms with E-state index in [1.807, 2.05) is 4.72 Å². The van der Waals surface area contributed by atoms with Crippen molar-refractivity contribution in [1.29, 1.82) is 0 Å². The molecule has 0 atom stereocenters. The molecule has 0 unspecified atom stereocenters. The number of hydrogen-bond acceptors (Lipinski definition) is 5. The van der Waals surface area contributed by atoms with Crippen molar-refractivity contribution in [3.8, 4) is 5.75 Å². The summed E-state index contributed by atoms with van der Waals surface area (Å²) in [6, 6.07) is 10.0. The summed E-state index contributed by atoms with van der Waals surface area (Å²) >= 11 is 5.64. The van der Waals surface area contributed by atoms with E-state index in [-0.39, 0.29) is 10.9 Å². The quantitative estimate of drug-likeness (QED) is 0.626. The normalized spacial score (nSPS) is 11.4. The summed E-state index contributed by atoms with van der Waals surface area (Å²) in [5.74, 6) is -0.462. The van der Waals surface area contributed by atoms with E-state index in [1.165, 1.54) is 31.5 Å². The number of amides is 1. The topological polar surface area (TPSA) is 85.4 Å². The Bertz CT molecular complexity index is 849. The van der Waals surface area contributed by atoms with Crippen LogP contribution < -0.4 is 9.46 Å². The minimum absolute atomic E-state index is 0.265. The third-order valence-corrected chi connectivity index (χ3v) is 4.37. The van der Waals surface area contributed by atoms with Gasteiger partial charge in [-0.25, -0.2) is 18.1 Å². The lowest BCUT2D eigenvalue weighted by Crippen LogP contribution is -2.30. The van der Waals surface area contributed by atoms with E-state index in [0.29, 0.717) is 16.9 Å². The van der Waals surface area contributed by atoms with Crippen molar-refractivity contribution in [2.45, 2.75) is 5.75 Å². The van der Waals surface area contributed by atoms with Gasteiger partial charge in [0.1, 0.15) is 10.9 Å². The summed E-state index contributed by atoms with van der Waals surface area (Å²) < 4.78 is 31.0. The van der Waals surface area contributed by atoms with Crippen molar-refractivity contribution in [2.24, 2.45) is 0 Å². The highest BCUT2D eigenvalue weighted by molar-refractivity contribution is 7.89. The molecule has 0 saturated carbocycles. The van der Waals surface area contributed by atoms with Crippen LogP contribution in [-0.2, 0) is 20.6 Å². The number of hydrogen-bond donors (Lipinski definition) is 1. The fourth-order valence-corrected chi connectivity index (χ4v) is 3.02. The van der Waals surface area contributed by atoms with Crippen molar-refractivity contribution in [1.82, 2.24) is 9.71 Å². The predicted molar refractivity (Wildman–Crippen MR) is 92.0 cm³/mol. The van der Waals surface area contributed by atoms with Crippen LogP contribution in [-0.4, -0.2) is 26.4 Å². The lowest BCUT2D eigenvalue weighted by molar-refractivity contribution is -0.114. The maximum absolute atomic E-state index is 12.0. The van der Waals surface area contributed by atoms with Crippen molar-refractivity contribution >= 4 is 33.6 Å².